The topological polar surface area (TPSA) is 98.9 Å². The quantitative estimate of drug-likeness (QED) is 0.228. The number of rotatable bonds is 6. The third-order valence-corrected chi connectivity index (χ3v) is 5.66. The number of imidazole rings is 1. The van der Waals surface area contributed by atoms with Gasteiger partial charge in [-0.05, 0) is 66.7 Å². The van der Waals surface area contributed by atoms with Gasteiger partial charge in [0.2, 0.25) is 5.95 Å². The van der Waals surface area contributed by atoms with Crippen molar-refractivity contribution >= 4 is 40.9 Å². The van der Waals surface area contributed by atoms with E-state index in [0.717, 1.165) is 0 Å². The van der Waals surface area contributed by atoms with E-state index < -0.39 is 12.4 Å². The molecule has 2 heterocycles. The molecule has 2 aromatic heterocycles. The van der Waals surface area contributed by atoms with Gasteiger partial charge in [-0.2, -0.15) is 0 Å². The van der Waals surface area contributed by atoms with Gasteiger partial charge in [0, 0.05) is 33.7 Å². The minimum atomic E-state index is -4.77. The first kappa shape index (κ1) is 26.1. The second kappa shape index (κ2) is 10.7. The van der Waals surface area contributed by atoms with Crippen LogP contribution in [0.25, 0.3) is 22.8 Å². The summed E-state index contributed by atoms with van der Waals surface area (Å²) in [6.45, 7) is 0. The molecular formula is C25H16Cl2F3N7O2. The predicted molar refractivity (Wildman–Crippen MR) is 140 cm³/mol. The first-order valence-corrected chi connectivity index (χ1v) is 11.8. The Labute approximate surface area is 228 Å². The van der Waals surface area contributed by atoms with Gasteiger partial charge < -0.3 is 10.1 Å². The lowest BCUT2D eigenvalue weighted by Gasteiger charge is -2.11. The first-order chi connectivity index (χ1) is 18.6. The van der Waals surface area contributed by atoms with Crippen LogP contribution in [-0.4, -0.2) is 36.7 Å². The smallest absolute Gasteiger partial charge is 0.406 e. The van der Waals surface area contributed by atoms with Crippen LogP contribution in [0.5, 0.6) is 5.75 Å². The Morgan fingerprint density at radius 1 is 0.872 bits per heavy atom. The number of amides is 2. The molecule has 3 aromatic carbocycles. The number of hydrogen-bond donors (Lipinski definition) is 2. The molecule has 0 unspecified atom stereocenters. The number of carbonyl (C=O) groups is 1. The number of urea groups is 1. The number of benzene rings is 3. The molecule has 0 aliphatic carbocycles. The molecule has 2 N–H and O–H groups in total. The lowest BCUT2D eigenvalue weighted by Crippen LogP contribution is -2.21. The molecule has 0 saturated heterocycles. The van der Waals surface area contributed by atoms with E-state index >= 15 is 0 Å². The van der Waals surface area contributed by atoms with E-state index in [4.69, 9.17) is 23.2 Å². The van der Waals surface area contributed by atoms with Crippen molar-refractivity contribution in [2.75, 3.05) is 10.6 Å². The van der Waals surface area contributed by atoms with Gasteiger partial charge in [0.1, 0.15) is 12.1 Å². The molecule has 9 nitrogen and oxygen atoms in total. The second-order valence-electron chi connectivity index (χ2n) is 7.96. The molecule has 0 aliphatic rings. The maximum absolute atomic E-state index is 12.6. The highest BCUT2D eigenvalue weighted by molar-refractivity contribution is 6.34. The van der Waals surface area contributed by atoms with Gasteiger partial charge in [-0.3, -0.25) is 9.88 Å². The zero-order chi connectivity index (χ0) is 27.6. The summed E-state index contributed by atoms with van der Waals surface area (Å²) in [6.07, 6.45) is -0.152. The van der Waals surface area contributed by atoms with Crippen molar-refractivity contribution in [3.8, 4) is 28.5 Å². The van der Waals surface area contributed by atoms with Gasteiger partial charge in [-0.25, -0.2) is 19.4 Å². The van der Waals surface area contributed by atoms with Crippen molar-refractivity contribution < 1.29 is 22.7 Å². The Hall–Kier alpha value is -4.55. The molecule has 5 aromatic rings. The molecule has 0 atom stereocenters. The van der Waals surface area contributed by atoms with E-state index in [9.17, 15) is 18.0 Å². The highest BCUT2D eigenvalue weighted by Gasteiger charge is 2.31. The summed E-state index contributed by atoms with van der Waals surface area (Å²) in [7, 11) is 0. The highest BCUT2D eigenvalue weighted by atomic mass is 35.5. The largest absolute Gasteiger partial charge is 0.573 e. The molecule has 0 radical (unpaired) electrons. The van der Waals surface area contributed by atoms with E-state index in [1.54, 1.807) is 53.2 Å². The summed E-state index contributed by atoms with van der Waals surface area (Å²) in [5, 5.41) is 10.6. The van der Waals surface area contributed by atoms with Gasteiger partial charge in [0.05, 0.1) is 11.4 Å². The van der Waals surface area contributed by atoms with Crippen LogP contribution in [0.2, 0.25) is 10.0 Å². The Balaban J connectivity index is 1.23. The summed E-state index contributed by atoms with van der Waals surface area (Å²) in [4.78, 5) is 21.0. The van der Waals surface area contributed by atoms with Crippen LogP contribution >= 0.6 is 23.2 Å². The summed E-state index contributed by atoms with van der Waals surface area (Å²) in [5.74, 6) is 0.301. The molecule has 0 aliphatic heterocycles. The maximum atomic E-state index is 12.6. The van der Waals surface area contributed by atoms with Gasteiger partial charge in [0.25, 0.3) is 0 Å². The Kier molecular flexibility index (Phi) is 7.13. The molecule has 0 fully saturated rings. The minimum absolute atomic E-state index is 0.259. The number of halogens is 5. The molecular weight excluding hydrogens is 558 g/mol. The van der Waals surface area contributed by atoms with Crippen LogP contribution in [0.1, 0.15) is 0 Å². The molecule has 14 heteroatoms. The predicted octanol–water partition coefficient (Wildman–Crippen LogP) is 6.97. The maximum Gasteiger partial charge on any atom is 0.573 e. The van der Waals surface area contributed by atoms with Gasteiger partial charge in [-0.15, -0.1) is 18.3 Å². The molecule has 39 heavy (non-hydrogen) atoms. The van der Waals surface area contributed by atoms with Gasteiger partial charge >= 0.3 is 12.4 Å². The molecule has 5 rings (SSSR count). The van der Waals surface area contributed by atoms with Crippen LogP contribution in [0.15, 0.2) is 85.5 Å². The van der Waals surface area contributed by atoms with Crippen molar-refractivity contribution in [3.05, 3.63) is 95.5 Å². The number of ether oxygens (including phenoxy) is 1. The van der Waals surface area contributed by atoms with E-state index in [2.05, 4.69) is 30.4 Å². The molecule has 198 valence electrons. The fourth-order valence-electron chi connectivity index (χ4n) is 3.57. The fraction of sp³-hybridized carbons (Fsp3) is 0.0400. The summed E-state index contributed by atoms with van der Waals surface area (Å²) in [6, 6.07) is 16.4. The number of anilines is 2. The summed E-state index contributed by atoms with van der Waals surface area (Å²) >= 11 is 12.2. The Morgan fingerprint density at radius 3 is 2.23 bits per heavy atom. The van der Waals surface area contributed by atoms with Crippen LogP contribution < -0.4 is 15.4 Å². The monoisotopic (exact) mass is 573 g/mol. The summed E-state index contributed by atoms with van der Waals surface area (Å²) < 4.78 is 44.0. The van der Waals surface area contributed by atoms with Crippen LogP contribution in [0, 0.1) is 0 Å². The minimum Gasteiger partial charge on any atom is -0.406 e. The SMILES string of the molecule is O=C(Nc1ccc(-c2ncn(-c3ccc(OC(F)(F)F)cc3)n2)cc1)Nc1nccn1-c1cc(Cl)cc(Cl)c1. The number of carbonyl (C=O) groups excluding carboxylic acids is 1. The lowest BCUT2D eigenvalue weighted by atomic mass is 10.2. The Morgan fingerprint density at radius 2 is 1.56 bits per heavy atom. The molecule has 0 bridgehead atoms. The zero-order valence-electron chi connectivity index (χ0n) is 19.5. The van der Waals surface area contributed by atoms with E-state index in [0.29, 0.717) is 38.5 Å². The standard InChI is InChI=1S/C25H16Cl2F3N7O2/c26-16-11-17(27)13-20(12-16)36-10-9-31-23(36)34-24(38)33-18-3-1-15(2-4-18)22-32-14-37(35-22)19-5-7-21(8-6-19)39-25(28,29)30/h1-14H,(H2,31,33,34,38). The van der Waals surface area contributed by atoms with Crippen LogP contribution in [0.4, 0.5) is 29.6 Å². The second-order valence-corrected chi connectivity index (χ2v) is 8.83. The molecule has 2 amide bonds. The lowest BCUT2D eigenvalue weighted by molar-refractivity contribution is -0.274. The van der Waals surface area contributed by atoms with Gasteiger partial charge in [-0.1, -0.05) is 23.2 Å². The number of alkyl halides is 3. The van der Waals surface area contributed by atoms with Crippen molar-refractivity contribution in [3.63, 3.8) is 0 Å². The van der Waals surface area contributed by atoms with E-state index in [-0.39, 0.29) is 11.7 Å². The average molecular weight is 574 g/mol. The van der Waals surface area contributed by atoms with Crippen LogP contribution in [-0.2, 0) is 0 Å². The third-order valence-electron chi connectivity index (χ3n) is 5.22. The number of aromatic nitrogens is 5. The Bertz CT molecular complexity index is 1600. The van der Waals surface area contributed by atoms with Crippen molar-refractivity contribution in [2.24, 2.45) is 0 Å². The molecule has 0 saturated carbocycles. The normalized spacial score (nSPS) is 11.3. The molecule has 0 spiro atoms. The third kappa shape index (κ3) is 6.48. The number of nitrogens with one attached hydrogen (secondary N) is 2. The van der Waals surface area contributed by atoms with Gasteiger partial charge in [0.15, 0.2) is 5.82 Å². The first-order valence-electron chi connectivity index (χ1n) is 11.1. The van der Waals surface area contributed by atoms with Crippen molar-refractivity contribution in [1.82, 2.24) is 24.3 Å². The average Bonchev–Trinajstić information content (AvgIpc) is 3.54. The number of hydrogen-bond acceptors (Lipinski definition) is 5. The van der Waals surface area contributed by atoms with E-state index in [1.807, 2.05) is 0 Å². The summed E-state index contributed by atoms with van der Waals surface area (Å²) in [5.41, 5.74) is 2.28. The van der Waals surface area contributed by atoms with Crippen molar-refractivity contribution in [2.45, 2.75) is 6.36 Å². The van der Waals surface area contributed by atoms with E-state index in [1.165, 1.54) is 41.5 Å². The van der Waals surface area contributed by atoms with Crippen LogP contribution in [0.3, 0.4) is 0 Å². The zero-order valence-corrected chi connectivity index (χ0v) is 21.0. The van der Waals surface area contributed by atoms with Crippen molar-refractivity contribution in [1.29, 1.82) is 0 Å². The fourth-order valence-corrected chi connectivity index (χ4v) is 4.08. The highest BCUT2D eigenvalue weighted by Crippen LogP contribution is 2.26. The number of nitrogens with zero attached hydrogens (tertiary/aromatic N) is 5.